The number of carbonyl (C=O) groups is 2. The van der Waals surface area contributed by atoms with E-state index in [-0.39, 0.29) is 29.7 Å². The molecule has 1 aromatic carbocycles. The van der Waals surface area contributed by atoms with Gasteiger partial charge >= 0.3 is 0 Å². The number of ether oxygens (including phenoxy) is 1. The van der Waals surface area contributed by atoms with E-state index in [9.17, 15) is 9.59 Å². The van der Waals surface area contributed by atoms with Crippen LogP contribution in [0.2, 0.25) is 0 Å². The number of nitrogens with one attached hydrogen (secondary N) is 1. The molecule has 8 heteroatoms. The Hall–Kier alpha value is -2.74. The van der Waals surface area contributed by atoms with E-state index >= 15 is 0 Å². The molecule has 0 unspecified atom stereocenters. The Kier molecular flexibility index (Phi) is 6.36. The predicted molar refractivity (Wildman–Crippen MR) is 115 cm³/mol. The Labute approximate surface area is 183 Å². The van der Waals surface area contributed by atoms with Gasteiger partial charge in [-0.05, 0) is 31.4 Å². The van der Waals surface area contributed by atoms with Crippen LogP contribution in [-0.4, -0.2) is 57.8 Å². The second kappa shape index (κ2) is 9.18. The fraction of sp³-hybridized carbons (Fsp3) is 0.565. The summed E-state index contributed by atoms with van der Waals surface area (Å²) in [6, 6.07) is 7.47. The van der Waals surface area contributed by atoms with E-state index in [0.717, 1.165) is 23.6 Å². The highest BCUT2D eigenvalue weighted by Gasteiger charge is 2.31. The van der Waals surface area contributed by atoms with Gasteiger partial charge in [-0.25, -0.2) is 0 Å². The van der Waals surface area contributed by atoms with E-state index in [1.54, 1.807) is 0 Å². The van der Waals surface area contributed by atoms with Crippen LogP contribution in [-0.2, 0) is 22.5 Å². The Bertz CT molecular complexity index is 948. The Morgan fingerprint density at radius 2 is 2.03 bits per heavy atom. The maximum atomic E-state index is 13.0. The Balaban J connectivity index is 1.49. The van der Waals surface area contributed by atoms with Crippen LogP contribution in [0.3, 0.4) is 0 Å². The summed E-state index contributed by atoms with van der Waals surface area (Å²) >= 11 is 0. The van der Waals surface area contributed by atoms with Crippen molar-refractivity contribution in [1.29, 1.82) is 0 Å². The highest BCUT2D eigenvalue weighted by Crippen LogP contribution is 2.24. The Morgan fingerprint density at radius 3 is 2.74 bits per heavy atom. The number of aryl methyl sites for hydroxylation is 1. The summed E-state index contributed by atoms with van der Waals surface area (Å²) in [5, 5.41) is 12.0. The third-order valence-corrected chi connectivity index (χ3v) is 6.15. The fourth-order valence-corrected chi connectivity index (χ4v) is 4.28. The molecule has 166 valence electrons. The minimum Gasteiger partial charge on any atom is -0.381 e. The van der Waals surface area contributed by atoms with Gasteiger partial charge in [-0.2, -0.15) is 0 Å². The van der Waals surface area contributed by atoms with Crippen LogP contribution in [0.5, 0.6) is 0 Å². The van der Waals surface area contributed by atoms with Gasteiger partial charge in [0.05, 0.1) is 18.6 Å². The van der Waals surface area contributed by atoms with Crippen LogP contribution in [0.1, 0.15) is 53.9 Å². The van der Waals surface area contributed by atoms with E-state index in [0.29, 0.717) is 44.8 Å². The normalized spacial score (nSPS) is 19.7. The van der Waals surface area contributed by atoms with Gasteiger partial charge in [-0.15, -0.1) is 10.2 Å². The smallest absolute Gasteiger partial charge is 0.253 e. The average molecular weight is 426 g/mol. The number of hydrogen-bond donors (Lipinski definition) is 1. The van der Waals surface area contributed by atoms with Crippen LogP contribution < -0.4 is 5.32 Å². The maximum absolute atomic E-state index is 13.0. The van der Waals surface area contributed by atoms with Crippen molar-refractivity contribution in [3.63, 3.8) is 0 Å². The molecule has 4 rings (SSSR count). The predicted octanol–water partition coefficient (Wildman–Crippen LogP) is 2.13. The molecule has 0 radical (unpaired) electrons. The van der Waals surface area contributed by atoms with Gasteiger partial charge in [0, 0.05) is 38.2 Å². The monoisotopic (exact) mass is 425 g/mol. The Morgan fingerprint density at radius 1 is 1.19 bits per heavy atom. The zero-order valence-corrected chi connectivity index (χ0v) is 18.5. The third-order valence-electron chi connectivity index (χ3n) is 6.15. The summed E-state index contributed by atoms with van der Waals surface area (Å²) in [6.45, 7) is 9.04. The summed E-state index contributed by atoms with van der Waals surface area (Å²) in [5.41, 5.74) is 1.78. The summed E-state index contributed by atoms with van der Waals surface area (Å²) < 4.78 is 7.45. The lowest BCUT2D eigenvalue weighted by atomic mass is 10.0. The van der Waals surface area contributed by atoms with Crippen molar-refractivity contribution in [2.75, 3.05) is 26.3 Å². The van der Waals surface area contributed by atoms with E-state index in [4.69, 9.17) is 4.74 Å². The van der Waals surface area contributed by atoms with E-state index in [2.05, 4.69) is 33.9 Å². The quantitative estimate of drug-likeness (QED) is 0.793. The number of amides is 2. The molecule has 31 heavy (non-hydrogen) atoms. The second-order valence-corrected chi connectivity index (χ2v) is 8.83. The van der Waals surface area contributed by atoms with Gasteiger partial charge in [0.25, 0.3) is 5.91 Å². The van der Waals surface area contributed by atoms with Crippen molar-refractivity contribution >= 4 is 11.8 Å². The molecule has 0 spiro atoms. The minimum absolute atomic E-state index is 0.0124. The van der Waals surface area contributed by atoms with Crippen LogP contribution in [0, 0.1) is 18.8 Å². The summed E-state index contributed by atoms with van der Waals surface area (Å²) in [4.78, 5) is 27.6. The standard InChI is InChI=1S/C23H31N5O3/c1-15(2)20(24-22(29)18-8-12-31-14-18)21-26-25-19-7-9-27(10-11-28(19)21)23(30)17-6-4-5-16(3)13-17/h4-6,13,15,18,20H,7-12,14H2,1-3H3,(H,24,29)/t18-,20-/m0/s1. The number of rotatable bonds is 5. The van der Waals surface area contributed by atoms with Gasteiger partial charge in [-0.3, -0.25) is 9.59 Å². The van der Waals surface area contributed by atoms with Crippen LogP contribution in [0.15, 0.2) is 24.3 Å². The van der Waals surface area contributed by atoms with Gasteiger partial charge in [0.15, 0.2) is 5.82 Å². The minimum atomic E-state index is -0.228. The second-order valence-electron chi connectivity index (χ2n) is 8.83. The largest absolute Gasteiger partial charge is 0.381 e. The van der Waals surface area contributed by atoms with Gasteiger partial charge in [0.2, 0.25) is 5.91 Å². The number of benzene rings is 1. The van der Waals surface area contributed by atoms with Gasteiger partial charge in [-0.1, -0.05) is 31.5 Å². The molecule has 2 aliphatic heterocycles. The first-order valence-corrected chi connectivity index (χ1v) is 11.1. The number of fused-ring (bicyclic) bond motifs is 1. The first-order chi connectivity index (χ1) is 14.9. The van der Waals surface area contributed by atoms with Crippen molar-refractivity contribution < 1.29 is 14.3 Å². The van der Waals surface area contributed by atoms with Crippen LogP contribution in [0.25, 0.3) is 0 Å². The molecule has 1 saturated heterocycles. The lowest BCUT2D eigenvalue weighted by Crippen LogP contribution is -2.38. The van der Waals surface area contributed by atoms with Crippen LogP contribution >= 0.6 is 0 Å². The molecule has 8 nitrogen and oxygen atoms in total. The average Bonchev–Trinajstić information content (AvgIpc) is 3.38. The molecule has 2 aromatic rings. The molecule has 1 fully saturated rings. The number of hydrogen-bond acceptors (Lipinski definition) is 5. The molecule has 3 heterocycles. The van der Waals surface area contributed by atoms with Crippen molar-refractivity contribution in [2.45, 2.75) is 46.2 Å². The summed E-state index contributed by atoms with van der Waals surface area (Å²) in [5.74, 6) is 1.74. The van der Waals surface area contributed by atoms with Crippen molar-refractivity contribution in [3.8, 4) is 0 Å². The third kappa shape index (κ3) is 4.63. The van der Waals surface area contributed by atoms with Crippen LogP contribution in [0.4, 0.5) is 0 Å². The van der Waals surface area contributed by atoms with Gasteiger partial charge < -0.3 is 19.5 Å². The maximum Gasteiger partial charge on any atom is 0.253 e. The van der Waals surface area contributed by atoms with Crippen molar-refractivity contribution in [3.05, 3.63) is 47.0 Å². The molecule has 1 aromatic heterocycles. The molecule has 0 bridgehead atoms. The molecule has 1 N–H and O–H groups in total. The van der Waals surface area contributed by atoms with E-state index in [1.165, 1.54) is 0 Å². The van der Waals surface area contributed by atoms with Crippen molar-refractivity contribution in [1.82, 2.24) is 25.0 Å². The zero-order valence-electron chi connectivity index (χ0n) is 18.5. The highest BCUT2D eigenvalue weighted by atomic mass is 16.5. The molecule has 2 atom stereocenters. The molecular formula is C23H31N5O3. The molecule has 0 aliphatic carbocycles. The molecular weight excluding hydrogens is 394 g/mol. The zero-order chi connectivity index (χ0) is 22.0. The lowest BCUT2D eigenvalue weighted by molar-refractivity contribution is -0.126. The lowest BCUT2D eigenvalue weighted by Gasteiger charge is -2.24. The summed E-state index contributed by atoms with van der Waals surface area (Å²) in [7, 11) is 0. The topological polar surface area (TPSA) is 89.3 Å². The number of carbonyl (C=O) groups excluding carboxylic acids is 2. The number of aromatic nitrogens is 3. The molecule has 2 amide bonds. The fourth-order valence-electron chi connectivity index (χ4n) is 4.28. The molecule has 0 saturated carbocycles. The first-order valence-electron chi connectivity index (χ1n) is 11.1. The van der Waals surface area contributed by atoms with Crippen molar-refractivity contribution in [2.24, 2.45) is 11.8 Å². The summed E-state index contributed by atoms with van der Waals surface area (Å²) in [6.07, 6.45) is 1.39. The van der Waals surface area contributed by atoms with E-state index < -0.39 is 0 Å². The van der Waals surface area contributed by atoms with Gasteiger partial charge in [0.1, 0.15) is 5.82 Å². The SMILES string of the molecule is Cc1cccc(C(=O)N2CCc3nnc([C@@H](NC(=O)[C@H]4CCOC4)C(C)C)n3CC2)c1. The van der Waals surface area contributed by atoms with E-state index in [1.807, 2.05) is 36.1 Å². The highest BCUT2D eigenvalue weighted by molar-refractivity contribution is 5.94. The first kappa shape index (κ1) is 21.5. The molecule has 2 aliphatic rings. The number of nitrogens with zero attached hydrogens (tertiary/aromatic N) is 4.